The van der Waals surface area contributed by atoms with Gasteiger partial charge in [-0.15, -0.1) is 0 Å². The number of aromatic nitrogens is 3. The zero-order valence-electron chi connectivity index (χ0n) is 16.0. The molecule has 0 saturated heterocycles. The summed E-state index contributed by atoms with van der Waals surface area (Å²) >= 11 is 0. The number of hydrogen-bond acceptors (Lipinski definition) is 4. The van der Waals surface area contributed by atoms with Crippen LogP contribution >= 0.6 is 0 Å². The average Bonchev–Trinajstić information content (AvgIpc) is 2.69. The van der Waals surface area contributed by atoms with Crippen molar-refractivity contribution < 1.29 is 9.18 Å². The van der Waals surface area contributed by atoms with E-state index in [9.17, 15) is 14.0 Å². The van der Waals surface area contributed by atoms with E-state index in [-0.39, 0.29) is 22.8 Å². The Kier molecular flexibility index (Phi) is 6.13. The maximum absolute atomic E-state index is 14.6. The van der Waals surface area contributed by atoms with Gasteiger partial charge in [0.15, 0.2) is 0 Å². The summed E-state index contributed by atoms with van der Waals surface area (Å²) in [6.07, 6.45) is 5.77. The first kappa shape index (κ1) is 19.7. The highest BCUT2D eigenvalue weighted by Crippen LogP contribution is 2.25. The number of aryl methyl sites for hydroxylation is 1. The zero-order chi connectivity index (χ0) is 20.1. The van der Waals surface area contributed by atoms with Crippen molar-refractivity contribution in [3.63, 3.8) is 0 Å². The van der Waals surface area contributed by atoms with Crippen LogP contribution < -0.4 is 10.9 Å². The molecule has 0 aliphatic carbocycles. The van der Waals surface area contributed by atoms with Crippen molar-refractivity contribution in [3.8, 4) is 11.1 Å². The fourth-order valence-electron chi connectivity index (χ4n) is 2.98. The summed E-state index contributed by atoms with van der Waals surface area (Å²) in [4.78, 5) is 32.8. The predicted molar refractivity (Wildman–Crippen MR) is 108 cm³/mol. The van der Waals surface area contributed by atoms with Crippen LogP contribution in [0, 0.1) is 5.82 Å². The summed E-state index contributed by atoms with van der Waals surface area (Å²) in [7, 11) is 0. The second-order valence-corrected chi connectivity index (χ2v) is 6.68. The Balaban J connectivity index is 1.92. The first-order valence-corrected chi connectivity index (χ1v) is 9.48. The number of pyridine rings is 1. The zero-order valence-corrected chi connectivity index (χ0v) is 16.0. The van der Waals surface area contributed by atoms with E-state index in [0.717, 1.165) is 19.3 Å². The Hall–Kier alpha value is -3.09. The van der Waals surface area contributed by atoms with Gasteiger partial charge in [0.05, 0.1) is 17.2 Å². The molecule has 0 fully saturated rings. The maximum atomic E-state index is 14.6. The molecule has 0 unspecified atom stereocenters. The van der Waals surface area contributed by atoms with E-state index in [1.165, 1.54) is 18.6 Å². The molecule has 0 spiro atoms. The lowest BCUT2D eigenvalue weighted by Gasteiger charge is -2.09. The molecule has 146 valence electrons. The molecule has 0 aliphatic heterocycles. The number of nitrogens with zero attached hydrogens (tertiary/aromatic N) is 3. The van der Waals surface area contributed by atoms with Crippen molar-refractivity contribution in [2.24, 2.45) is 0 Å². The van der Waals surface area contributed by atoms with Crippen molar-refractivity contribution >= 4 is 22.6 Å². The summed E-state index contributed by atoms with van der Waals surface area (Å²) in [5.74, 6) is -0.525. The summed E-state index contributed by atoms with van der Waals surface area (Å²) in [5.41, 5.74) is 1.21. The lowest BCUT2D eigenvalue weighted by molar-refractivity contribution is -0.116. The maximum Gasteiger partial charge on any atom is 0.261 e. The van der Waals surface area contributed by atoms with E-state index in [1.54, 1.807) is 22.8 Å². The largest absolute Gasteiger partial charge is 0.311 e. The third-order valence-corrected chi connectivity index (χ3v) is 4.48. The molecule has 6 nitrogen and oxygen atoms in total. The first-order valence-electron chi connectivity index (χ1n) is 9.48. The lowest BCUT2D eigenvalue weighted by atomic mass is 10.0. The first-order chi connectivity index (χ1) is 13.5. The minimum atomic E-state index is -0.516. The normalized spacial score (nSPS) is 11.0. The van der Waals surface area contributed by atoms with E-state index >= 15 is 0 Å². The van der Waals surface area contributed by atoms with Crippen LogP contribution in [0.2, 0.25) is 0 Å². The fraction of sp³-hybridized carbons (Fsp3) is 0.333. The Morgan fingerprint density at radius 3 is 2.71 bits per heavy atom. The predicted octanol–water partition coefficient (Wildman–Crippen LogP) is 4.14. The summed E-state index contributed by atoms with van der Waals surface area (Å²) in [5, 5.41) is 3.04. The quantitative estimate of drug-likeness (QED) is 0.666. The Labute approximate surface area is 162 Å². The molecule has 3 aromatic rings. The minimum Gasteiger partial charge on any atom is -0.311 e. The van der Waals surface area contributed by atoms with Crippen molar-refractivity contribution in [1.82, 2.24) is 14.5 Å². The number of benzene rings is 1. The van der Waals surface area contributed by atoms with Gasteiger partial charge in [-0.25, -0.2) is 14.4 Å². The van der Waals surface area contributed by atoms with E-state index in [1.807, 2.05) is 13.8 Å². The van der Waals surface area contributed by atoms with E-state index in [0.29, 0.717) is 29.4 Å². The number of nitrogens with one attached hydrogen (secondary N) is 1. The van der Waals surface area contributed by atoms with Gasteiger partial charge in [-0.2, -0.15) is 0 Å². The van der Waals surface area contributed by atoms with Crippen LogP contribution in [0.1, 0.15) is 39.5 Å². The smallest absolute Gasteiger partial charge is 0.261 e. The molecule has 2 aromatic heterocycles. The third kappa shape index (κ3) is 4.24. The van der Waals surface area contributed by atoms with Gasteiger partial charge in [0.1, 0.15) is 11.6 Å². The van der Waals surface area contributed by atoms with Crippen molar-refractivity contribution in [2.75, 3.05) is 5.32 Å². The molecule has 0 radical (unpaired) electrons. The molecule has 1 amide bonds. The van der Waals surface area contributed by atoms with Gasteiger partial charge < -0.3 is 5.32 Å². The molecule has 0 saturated carbocycles. The van der Waals surface area contributed by atoms with Gasteiger partial charge in [-0.3, -0.25) is 14.2 Å². The second kappa shape index (κ2) is 8.73. The molecule has 1 aromatic carbocycles. The van der Waals surface area contributed by atoms with Gasteiger partial charge in [-0.05, 0) is 30.5 Å². The molecule has 3 rings (SSSR count). The number of hydrogen-bond donors (Lipinski definition) is 1. The van der Waals surface area contributed by atoms with Crippen LogP contribution in [0.3, 0.4) is 0 Å². The van der Waals surface area contributed by atoms with Gasteiger partial charge in [-0.1, -0.05) is 26.3 Å². The van der Waals surface area contributed by atoms with Crippen molar-refractivity contribution in [3.05, 3.63) is 53.0 Å². The Morgan fingerprint density at radius 2 is 2.00 bits per heavy atom. The van der Waals surface area contributed by atoms with Gasteiger partial charge >= 0.3 is 0 Å². The Morgan fingerprint density at radius 1 is 1.18 bits per heavy atom. The van der Waals surface area contributed by atoms with Crippen LogP contribution in [-0.2, 0) is 11.3 Å². The van der Waals surface area contributed by atoms with E-state index in [4.69, 9.17) is 0 Å². The SMILES string of the molecule is CCCCC(=O)Nc1cc(F)c(-c2ccc3ncn(CCC)c(=O)c3c2)cn1. The number of amides is 1. The molecule has 0 atom stereocenters. The van der Waals surface area contributed by atoms with Crippen LogP contribution in [-0.4, -0.2) is 20.4 Å². The molecular formula is C21H23FN4O2. The van der Waals surface area contributed by atoms with E-state index < -0.39 is 5.82 Å². The van der Waals surface area contributed by atoms with Gasteiger partial charge in [0, 0.05) is 30.8 Å². The standard InChI is InChI=1S/C21H23FN4O2/c1-3-5-6-20(27)25-19-11-17(22)16(12-23-19)14-7-8-18-15(10-14)21(28)26(9-4-2)13-24-18/h7-8,10-13H,3-6,9H2,1-2H3,(H,23,25,27). The monoisotopic (exact) mass is 382 g/mol. The molecular weight excluding hydrogens is 359 g/mol. The fourth-order valence-corrected chi connectivity index (χ4v) is 2.98. The van der Waals surface area contributed by atoms with Gasteiger partial charge in [0.25, 0.3) is 5.56 Å². The molecule has 1 N–H and O–H groups in total. The lowest BCUT2D eigenvalue weighted by Crippen LogP contribution is -2.20. The van der Waals surface area contributed by atoms with Crippen molar-refractivity contribution in [1.29, 1.82) is 0 Å². The average molecular weight is 382 g/mol. The Bertz CT molecular complexity index is 1060. The number of anilines is 1. The number of carbonyl (C=O) groups is 1. The third-order valence-electron chi connectivity index (χ3n) is 4.48. The van der Waals surface area contributed by atoms with Gasteiger partial charge in [0.2, 0.25) is 5.91 Å². The summed E-state index contributed by atoms with van der Waals surface area (Å²) < 4.78 is 16.2. The number of rotatable bonds is 7. The number of carbonyl (C=O) groups excluding carboxylic acids is 1. The number of unbranched alkanes of at least 4 members (excludes halogenated alkanes) is 1. The summed E-state index contributed by atoms with van der Waals surface area (Å²) in [6.45, 7) is 4.56. The highest BCUT2D eigenvalue weighted by atomic mass is 19.1. The topological polar surface area (TPSA) is 76.9 Å². The van der Waals surface area contributed by atoms with E-state index in [2.05, 4.69) is 15.3 Å². The van der Waals surface area contributed by atoms with Crippen LogP contribution in [0.15, 0.2) is 41.6 Å². The molecule has 7 heteroatoms. The van der Waals surface area contributed by atoms with Crippen molar-refractivity contribution in [2.45, 2.75) is 46.1 Å². The number of fused-ring (bicyclic) bond motifs is 1. The second-order valence-electron chi connectivity index (χ2n) is 6.68. The molecule has 0 bridgehead atoms. The highest BCUT2D eigenvalue weighted by molar-refractivity contribution is 5.90. The summed E-state index contributed by atoms with van der Waals surface area (Å²) in [6, 6.07) is 6.24. The molecule has 0 aliphatic rings. The highest BCUT2D eigenvalue weighted by Gasteiger charge is 2.12. The minimum absolute atomic E-state index is 0.151. The van der Waals surface area contributed by atoms with Crippen LogP contribution in [0.25, 0.3) is 22.0 Å². The molecule has 28 heavy (non-hydrogen) atoms. The van der Waals surface area contributed by atoms with Crippen LogP contribution in [0.5, 0.6) is 0 Å². The van der Waals surface area contributed by atoms with Crippen LogP contribution in [0.4, 0.5) is 10.2 Å². The molecule has 2 heterocycles. The number of halogens is 1.